The lowest BCUT2D eigenvalue weighted by Gasteiger charge is -2.43. The lowest BCUT2D eigenvalue weighted by Crippen LogP contribution is -2.57. The van der Waals surface area contributed by atoms with Gasteiger partial charge in [-0.2, -0.15) is 11.8 Å². The quantitative estimate of drug-likeness (QED) is 0.698. The highest BCUT2D eigenvalue weighted by molar-refractivity contribution is 7.99. The molecule has 3 amide bonds. The molecule has 6 heteroatoms. The van der Waals surface area contributed by atoms with Crippen LogP contribution in [0.3, 0.4) is 0 Å². The zero-order valence-electron chi connectivity index (χ0n) is 17.5. The van der Waals surface area contributed by atoms with Crippen LogP contribution in [0.4, 0.5) is 4.79 Å². The van der Waals surface area contributed by atoms with Crippen LogP contribution in [0.2, 0.25) is 0 Å². The van der Waals surface area contributed by atoms with E-state index in [-0.39, 0.29) is 11.9 Å². The van der Waals surface area contributed by atoms with E-state index in [1.54, 1.807) is 0 Å². The number of hydrogen-bond donors (Lipinski definition) is 0. The molecule has 0 aromatic heterocycles. The number of likely N-dealkylation sites (tertiary alicyclic amines) is 1. The molecular weight excluding hydrogens is 394 g/mol. The number of piperidine rings is 1. The minimum absolute atomic E-state index is 0.00253. The molecular formula is C24H29N3O2S. The van der Waals surface area contributed by atoms with E-state index in [1.807, 2.05) is 47.9 Å². The zero-order chi connectivity index (χ0) is 20.7. The van der Waals surface area contributed by atoms with Crippen molar-refractivity contribution in [3.05, 3.63) is 48.0 Å². The number of carbonyl (C=O) groups is 2. The Bertz CT molecular complexity index is 959. The first-order valence-electron chi connectivity index (χ1n) is 11.1. The SMILES string of the molecule is CCN1C(=O)N(Cc2cccc3ccccc23)C(=O)C12CCN(C1CCSC1)CC2. The first-order valence-corrected chi connectivity index (χ1v) is 12.2. The normalized spacial score (nSPS) is 24.5. The van der Waals surface area contributed by atoms with Crippen LogP contribution in [-0.4, -0.2) is 69.4 Å². The van der Waals surface area contributed by atoms with Crippen molar-refractivity contribution in [3.63, 3.8) is 0 Å². The monoisotopic (exact) mass is 423 g/mol. The number of rotatable bonds is 4. The van der Waals surface area contributed by atoms with Gasteiger partial charge in [0.25, 0.3) is 5.91 Å². The van der Waals surface area contributed by atoms with Gasteiger partial charge in [-0.05, 0) is 48.3 Å². The van der Waals surface area contributed by atoms with Gasteiger partial charge in [0.05, 0.1) is 6.54 Å². The Morgan fingerprint density at radius 1 is 1.07 bits per heavy atom. The van der Waals surface area contributed by atoms with E-state index in [4.69, 9.17) is 0 Å². The fourth-order valence-electron chi connectivity index (χ4n) is 5.51. The lowest BCUT2D eigenvalue weighted by atomic mass is 9.85. The molecule has 5 nitrogen and oxygen atoms in total. The first kappa shape index (κ1) is 19.9. The second kappa shape index (κ2) is 7.89. The second-order valence-electron chi connectivity index (χ2n) is 8.64. The molecule has 0 N–H and O–H groups in total. The van der Waals surface area contributed by atoms with Crippen molar-refractivity contribution < 1.29 is 9.59 Å². The largest absolute Gasteiger partial charge is 0.327 e. The van der Waals surface area contributed by atoms with Crippen LogP contribution >= 0.6 is 11.8 Å². The molecule has 0 saturated carbocycles. The predicted molar refractivity (Wildman–Crippen MR) is 122 cm³/mol. The van der Waals surface area contributed by atoms with Gasteiger partial charge in [-0.25, -0.2) is 4.79 Å². The maximum Gasteiger partial charge on any atom is 0.327 e. The summed E-state index contributed by atoms with van der Waals surface area (Å²) in [6.45, 7) is 4.73. The molecule has 3 saturated heterocycles. The maximum atomic E-state index is 13.7. The van der Waals surface area contributed by atoms with Gasteiger partial charge < -0.3 is 4.90 Å². The second-order valence-corrected chi connectivity index (χ2v) is 9.79. The van der Waals surface area contributed by atoms with E-state index in [0.717, 1.165) is 42.3 Å². The fraction of sp³-hybridized carbons (Fsp3) is 0.500. The Morgan fingerprint density at radius 3 is 2.57 bits per heavy atom. The molecule has 2 aromatic carbocycles. The van der Waals surface area contributed by atoms with Crippen LogP contribution < -0.4 is 0 Å². The summed E-state index contributed by atoms with van der Waals surface area (Å²) in [7, 11) is 0. The maximum absolute atomic E-state index is 13.7. The van der Waals surface area contributed by atoms with E-state index in [1.165, 1.54) is 22.8 Å². The summed E-state index contributed by atoms with van der Waals surface area (Å²) in [5, 5.41) is 2.25. The molecule has 1 unspecified atom stereocenters. The van der Waals surface area contributed by atoms with Gasteiger partial charge in [-0.15, -0.1) is 0 Å². The van der Waals surface area contributed by atoms with E-state index in [9.17, 15) is 9.59 Å². The number of carbonyl (C=O) groups excluding carboxylic acids is 2. The minimum Gasteiger partial charge on any atom is -0.310 e. The molecule has 0 radical (unpaired) electrons. The van der Waals surface area contributed by atoms with E-state index in [2.05, 4.69) is 23.1 Å². The Hall–Kier alpha value is -2.05. The summed E-state index contributed by atoms with van der Waals surface area (Å²) in [5.74, 6) is 2.44. The van der Waals surface area contributed by atoms with E-state index >= 15 is 0 Å². The molecule has 3 aliphatic heterocycles. The Labute approximate surface area is 182 Å². The van der Waals surface area contributed by atoms with Crippen molar-refractivity contribution >= 4 is 34.5 Å². The number of benzene rings is 2. The summed E-state index contributed by atoms with van der Waals surface area (Å²) < 4.78 is 0. The third-order valence-corrected chi connectivity index (χ3v) is 8.34. The van der Waals surface area contributed by atoms with Crippen LogP contribution in [0.5, 0.6) is 0 Å². The molecule has 0 bridgehead atoms. The number of amides is 3. The number of likely N-dealkylation sites (N-methyl/N-ethyl adjacent to an activating group) is 1. The summed E-state index contributed by atoms with van der Waals surface area (Å²) in [5.41, 5.74) is 0.377. The molecule has 1 atom stereocenters. The Morgan fingerprint density at radius 2 is 1.83 bits per heavy atom. The van der Waals surface area contributed by atoms with Crippen LogP contribution in [0.25, 0.3) is 10.8 Å². The summed E-state index contributed by atoms with van der Waals surface area (Å²) >= 11 is 2.03. The molecule has 1 spiro atoms. The molecule has 3 fully saturated rings. The standard InChI is InChI=1S/C24H29N3O2S/c1-2-27-23(29)26(16-19-8-5-7-18-6-3-4-9-21(18)19)22(28)24(27)11-13-25(14-12-24)20-10-15-30-17-20/h3-9,20H,2,10-17H2,1H3. The van der Waals surface area contributed by atoms with Crippen LogP contribution in [0.1, 0.15) is 31.7 Å². The highest BCUT2D eigenvalue weighted by Crippen LogP contribution is 2.39. The average Bonchev–Trinajstić information content (AvgIpc) is 3.38. The molecule has 158 valence electrons. The third kappa shape index (κ3) is 3.12. The smallest absolute Gasteiger partial charge is 0.310 e. The van der Waals surface area contributed by atoms with Gasteiger partial charge in [0.15, 0.2) is 0 Å². The summed E-state index contributed by atoms with van der Waals surface area (Å²) in [4.78, 5) is 32.9. The highest BCUT2D eigenvalue weighted by atomic mass is 32.2. The minimum atomic E-state index is -0.654. The van der Waals surface area contributed by atoms with E-state index in [0.29, 0.717) is 19.1 Å². The van der Waals surface area contributed by atoms with Crippen LogP contribution in [0.15, 0.2) is 42.5 Å². The number of hydrogen-bond acceptors (Lipinski definition) is 4. The van der Waals surface area contributed by atoms with Gasteiger partial charge in [-0.1, -0.05) is 42.5 Å². The summed E-state index contributed by atoms with van der Waals surface area (Å²) in [6.07, 6.45) is 2.74. The topological polar surface area (TPSA) is 43.9 Å². The molecule has 2 aromatic rings. The number of fused-ring (bicyclic) bond motifs is 1. The van der Waals surface area contributed by atoms with Crippen molar-refractivity contribution in [2.45, 2.75) is 44.3 Å². The number of urea groups is 1. The molecule has 3 heterocycles. The molecule has 3 aliphatic rings. The Balaban J connectivity index is 1.40. The predicted octanol–water partition coefficient (Wildman–Crippen LogP) is 3.96. The van der Waals surface area contributed by atoms with Crippen molar-refractivity contribution in [1.29, 1.82) is 0 Å². The third-order valence-electron chi connectivity index (χ3n) is 7.19. The van der Waals surface area contributed by atoms with Crippen LogP contribution in [0, 0.1) is 0 Å². The van der Waals surface area contributed by atoms with Crippen molar-refractivity contribution in [2.75, 3.05) is 31.1 Å². The average molecular weight is 424 g/mol. The van der Waals surface area contributed by atoms with Gasteiger partial charge >= 0.3 is 6.03 Å². The van der Waals surface area contributed by atoms with E-state index < -0.39 is 5.54 Å². The van der Waals surface area contributed by atoms with Crippen molar-refractivity contribution in [1.82, 2.24) is 14.7 Å². The van der Waals surface area contributed by atoms with Crippen molar-refractivity contribution in [2.24, 2.45) is 0 Å². The summed E-state index contributed by atoms with van der Waals surface area (Å²) in [6, 6.07) is 14.8. The van der Waals surface area contributed by atoms with Gasteiger partial charge in [0, 0.05) is 31.4 Å². The Kier molecular flexibility index (Phi) is 5.23. The number of imide groups is 1. The molecule has 30 heavy (non-hydrogen) atoms. The molecule has 0 aliphatic carbocycles. The number of thioether (sulfide) groups is 1. The first-order chi connectivity index (χ1) is 14.6. The number of nitrogens with zero attached hydrogens (tertiary/aromatic N) is 3. The molecule has 5 rings (SSSR count). The van der Waals surface area contributed by atoms with Gasteiger partial charge in [0.2, 0.25) is 0 Å². The van der Waals surface area contributed by atoms with Gasteiger partial charge in [0.1, 0.15) is 5.54 Å². The van der Waals surface area contributed by atoms with Crippen LogP contribution in [-0.2, 0) is 11.3 Å². The highest BCUT2D eigenvalue weighted by Gasteiger charge is 2.57. The zero-order valence-corrected chi connectivity index (χ0v) is 18.4. The van der Waals surface area contributed by atoms with Gasteiger partial charge in [-0.3, -0.25) is 14.6 Å². The fourth-order valence-corrected chi connectivity index (χ4v) is 6.77. The lowest BCUT2D eigenvalue weighted by molar-refractivity contribution is -0.136. The van der Waals surface area contributed by atoms with Crippen molar-refractivity contribution in [3.8, 4) is 0 Å².